The first-order chi connectivity index (χ1) is 13.2. The molecule has 0 bridgehead atoms. The van der Waals surface area contributed by atoms with E-state index >= 15 is 0 Å². The molecule has 2 heterocycles. The fourth-order valence-corrected chi connectivity index (χ4v) is 3.61. The zero-order valence-corrected chi connectivity index (χ0v) is 16.3. The van der Waals surface area contributed by atoms with Gasteiger partial charge in [0.1, 0.15) is 6.10 Å². The van der Waals surface area contributed by atoms with Crippen molar-refractivity contribution in [3.63, 3.8) is 0 Å². The van der Waals surface area contributed by atoms with Crippen molar-refractivity contribution in [1.29, 1.82) is 0 Å². The van der Waals surface area contributed by atoms with Gasteiger partial charge in [-0.3, -0.25) is 15.0 Å². The summed E-state index contributed by atoms with van der Waals surface area (Å²) in [6, 6.07) is 17.1. The number of nitrogens with zero attached hydrogens (tertiary/aromatic N) is 4. The van der Waals surface area contributed by atoms with Crippen LogP contribution in [-0.2, 0) is 4.84 Å². The first-order valence-electron chi connectivity index (χ1n) is 9.19. The molecule has 8 heteroatoms. The minimum absolute atomic E-state index is 0. The van der Waals surface area contributed by atoms with Gasteiger partial charge in [-0.05, 0) is 12.1 Å². The lowest BCUT2D eigenvalue weighted by Crippen LogP contribution is -2.48. The van der Waals surface area contributed by atoms with E-state index < -0.39 is 0 Å². The summed E-state index contributed by atoms with van der Waals surface area (Å²) in [6.07, 6.45) is 0.683. The maximum absolute atomic E-state index is 10.9. The van der Waals surface area contributed by atoms with Crippen LogP contribution in [-0.4, -0.2) is 54.4 Å². The number of nitro benzene ring substituents is 1. The van der Waals surface area contributed by atoms with Crippen LogP contribution < -0.4 is 4.90 Å². The van der Waals surface area contributed by atoms with Crippen LogP contribution in [0.5, 0.6) is 0 Å². The highest BCUT2D eigenvalue weighted by molar-refractivity contribution is 6.01. The molecule has 4 rings (SSSR count). The zero-order chi connectivity index (χ0) is 18.6. The maximum atomic E-state index is 10.9. The fourth-order valence-electron chi connectivity index (χ4n) is 3.61. The minimum Gasteiger partial charge on any atom is -0.390 e. The van der Waals surface area contributed by atoms with Crippen molar-refractivity contribution >= 4 is 29.5 Å². The van der Waals surface area contributed by atoms with Crippen molar-refractivity contribution in [3.05, 3.63) is 70.3 Å². The van der Waals surface area contributed by atoms with E-state index in [4.69, 9.17) is 4.84 Å². The third kappa shape index (κ3) is 4.61. The Bertz CT molecular complexity index is 838. The van der Waals surface area contributed by atoms with Crippen LogP contribution in [0.15, 0.2) is 59.8 Å². The lowest BCUT2D eigenvalue weighted by atomic mass is 10.0. The largest absolute Gasteiger partial charge is 0.390 e. The van der Waals surface area contributed by atoms with Crippen molar-refractivity contribution < 1.29 is 9.76 Å². The molecule has 2 aromatic carbocycles. The van der Waals surface area contributed by atoms with Crippen molar-refractivity contribution in [2.45, 2.75) is 12.5 Å². The number of rotatable bonds is 5. The number of benzene rings is 2. The number of hydrogen-bond acceptors (Lipinski definition) is 6. The van der Waals surface area contributed by atoms with E-state index in [0.717, 1.165) is 44.0 Å². The second kappa shape index (κ2) is 9.03. The second-order valence-electron chi connectivity index (χ2n) is 6.90. The highest BCUT2D eigenvalue weighted by atomic mass is 35.5. The molecule has 1 fully saturated rings. The van der Waals surface area contributed by atoms with Gasteiger partial charge in [0.25, 0.3) is 5.69 Å². The van der Waals surface area contributed by atoms with Crippen molar-refractivity contribution in [3.8, 4) is 0 Å². The molecule has 1 saturated heterocycles. The number of anilines is 1. The SMILES string of the molecule is Cl.O=[N+]([O-])c1cccc(C2=NOC(CN3CCN(c4ccccc4)CC3)C2)c1. The number of oxime groups is 1. The number of nitro groups is 1. The average molecular weight is 403 g/mol. The normalized spacial score (nSPS) is 19.5. The summed E-state index contributed by atoms with van der Waals surface area (Å²) in [7, 11) is 0. The quantitative estimate of drug-likeness (QED) is 0.566. The summed E-state index contributed by atoms with van der Waals surface area (Å²) >= 11 is 0. The summed E-state index contributed by atoms with van der Waals surface area (Å²) in [5.74, 6) is 0. The van der Waals surface area contributed by atoms with Gasteiger partial charge in [-0.15, -0.1) is 12.4 Å². The van der Waals surface area contributed by atoms with Crippen molar-refractivity contribution in [1.82, 2.24) is 4.90 Å². The molecule has 0 N–H and O–H groups in total. The van der Waals surface area contributed by atoms with Gasteiger partial charge < -0.3 is 9.74 Å². The summed E-state index contributed by atoms with van der Waals surface area (Å²) in [5.41, 5.74) is 2.90. The van der Waals surface area contributed by atoms with E-state index in [1.54, 1.807) is 12.1 Å². The van der Waals surface area contributed by atoms with Crippen LogP contribution in [0.3, 0.4) is 0 Å². The average Bonchev–Trinajstić information content (AvgIpc) is 3.18. The van der Waals surface area contributed by atoms with Gasteiger partial charge in [-0.1, -0.05) is 35.5 Å². The highest BCUT2D eigenvalue weighted by Gasteiger charge is 2.27. The van der Waals surface area contributed by atoms with Gasteiger partial charge in [0.05, 0.1) is 10.6 Å². The Morgan fingerprint density at radius 3 is 2.54 bits per heavy atom. The van der Waals surface area contributed by atoms with Crippen molar-refractivity contribution in [2.24, 2.45) is 5.16 Å². The maximum Gasteiger partial charge on any atom is 0.270 e. The second-order valence-corrected chi connectivity index (χ2v) is 6.90. The molecule has 1 unspecified atom stereocenters. The van der Waals surface area contributed by atoms with E-state index in [1.807, 2.05) is 12.1 Å². The van der Waals surface area contributed by atoms with E-state index in [-0.39, 0.29) is 29.1 Å². The lowest BCUT2D eigenvalue weighted by Gasteiger charge is -2.36. The topological polar surface area (TPSA) is 71.2 Å². The van der Waals surface area contributed by atoms with Crippen LogP contribution in [0.1, 0.15) is 12.0 Å². The Hall–Kier alpha value is -2.64. The Kier molecular flexibility index (Phi) is 6.49. The standard InChI is InChI=1S/C20H22N4O3.ClH/c25-24(26)18-8-4-5-16(13-18)20-14-19(27-21-20)15-22-9-11-23(12-10-22)17-6-2-1-3-7-17;/h1-8,13,19H,9-12,14-15H2;1H. The molecule has 7 nitrogen and oxygen atoms in total. The number of non-ortho nitro benzene ring substituents is 1. The van der Waals surface area contributed by atoms with Gasteiger partial charge in [-0.2, -0.15) is 0 Å². The Morgan fingerprint density at radius 2 is 1.82 bits per heavy atom. The Labute approximate surface area is 170 Å². The first kappa shape index (κ1) is 20.1. The van der Waals surface area contributed by atoms with E-state index in [9.17, 15) is 10.1 Å². The molecule has 148 valence electrons. The molecule has 2 aromatic rings. The molecule has 0 saturated carbocycles. The molecule has 0 aromatic heterocycles. The van der Waals surface area contributed by atoms with E-state index in [2.05, 4.69) is 39.2 Å². The molecule has 0 amide bonds. The molecular weight excluding hydrogens is 380 g/mol. The zero-order valence-electron chi connectivity index (χ0n) is 15.4. The molecule has 2 aliphatic rings. The van der Waals surface area contributed by atoms with Gasteiger partial charge in [0.2, 0.25) is 0 Å². The van der Waals surface area contributed by atoms with Gasteiger partial charge in [-0.25, -0.2) is 0 Å². The Morgan fingerprint density at radius 1 is 1.07 bits per heavy atom. The Balaban J connectivity index is 0.00000225. The molecule has 0 spiro atoms. The van der Waals surface area contributed by atoms with Crippen LogP contribution in [0.2, 0.25) is 0 Å². The summed E-state index contributed by atoms with van der Waals surface area (Å²) in [5, 5.41) is 15.1. The molecule has 0 radical (unpaired) electrons. The summed E-state index contributed by atoms with van der Waals surface area (Å²) < 4.78 is 0. The monoisotopic (exact) mass is 402 g/mol. The molecule has 2 aliphatic heterocycles. The molecule has 0 aliphatic carbocycles. The first-order valence-corrected chi connectivity index (χ1v) is 9.19. The third-order valence-electron chi connectivity index (χ3n) is 5.08. The van der Waals surface area contributed by atoms with Crippen LogP contribution in [0.25, 0.3) is 0 Å². The predicted molar refractivity (Wildman–Crippen MR) is 111 cm³/mol. The lowest BCUT2D eigenvalue weighted by molar-refractivity contribution is -0.384. The van der Waals surface area contributed by atoms with Gasteiger partial charge in [0, 0.05) is 62.5 Å². The van der Waals surface area contributed by atoms with Gasteiger partial charge >= 0.3 is 0 Å². The van der Waals surface area contributed by atoms with Crippen LogP contribution in [0, 0.1) is 10.1 Å². The van der Waals surface area contributed by atoms with Crippen LogP contribution >= 0.6 is 12.4 Å². The van der Waals surface area contributed by atoms with Crippen molar-refractivity contribution in [2.75, 3.05) is 37.6 Å². The molecule has 1 atom stereocenters. The molecular formula is C20H23ClN4O3. The highest BCUT2D eigenvalue weighted by Crippen LogP contribution is 2.22. The smallest absolute Gasteiger partial charge is 0.270 e. The van der Waals surface area contributed by atoms with E-state index in [1.165, 1.54) is 11.8 Å². The number of hydrogen-bond donors (Lipinski definition) is 0. The number of para-hydroxylation sites is 1. The minimum atomic E-state index is -0.385. The summed E-state index contributed by atoms with van der Waals surface area (Å²) in [6.45, 7) is 4.79. The summed E-state index contributed by atoms with van der Waals surface area (Å²) in [4.78, 5) is 21.0. The molecule has 28 heavy (non-hydrogen) atoms. The van der Waals surface area contributed by atoms with Crippen LogP contribution in [0.4, 0.5) is 11.4 Å². The van der Waals surface area contributed by atoms with Gasteiger partial charge in [0.15, 0.2) is 0 Å². The number of halogens is 1. The third-order valence-corrected chi connectivity index (χ3v) is 5.08. The number of piperazine rings is 1. The fraction of sp³-hybridized carbons (Fsp3) is 0.350. The predicted octanol–water partition coefficient (Wildman–Crippen LogP) is 3.33. The van der Waals surface area contributed by atoms with E-state index in [0.29, 0.717) is 6.42 Å².